The van der Waals surface area contributed by atoms with Gasteiger partial charge in [0.05, 0.1) is 0 Å². The molecule has 2 heteroatoms. The van der Waals surface area contributed by atoms with Crippen LogP contribution in [-0.2, 0) is 4.79 Å². The highest BCUT2D eigenvalue weighted by Gasteiger charge is 2.36. The molecule has 0 aromatic rings. The molecule has 1 rings (SSSR count). The molecular weight excluding hydrogens is 222 g/mol. The second-order valence-corrected chi connectivity index (χ2v) is 7.63. The predicted molar refractivity (Wildman–Crippen MR) is 77.2 cm³/mol. The van der Waals surface area contributed by atoms with E-state index in [4.69, 9.17) is 0 Å². The summed E-state index contributed by atoms with van der Waals surface area (Å²) in [5.74, 6) is 0.764. The first-order valence-electron chi connectivity index (χ1n) is 6.96. The number of rotatable bonds is 0. The van der Waals surface area contributed by atoms with Crippen LogP contribution in [-0.4, -0.2) is 16.3 Å². The van der Waals surface area contributed by atoms with E-state index < -0.39 is 0 Å². The largest absolute Gasteiger partial charge is 0.311 e. The van der Waals surface area contributed by atoms with Gasteiger partial charge in [0.2, 0.25) is 5.91 Å². The van der Waals surface area contributed by atoms with Crippen molar-refractivity contribution in [2.24, 2.45) is 11.3 Å². The van der Waals surface area contributed by atoms with E-state index in [2.05, 4.69) is 55.4 Å². The van der Waals surface area contributed by atoms with E-state index in [1.54, 1.807) is 0 Å². The van der Waals surface area contributed by atoms with Crippen LogP contribution in [0.2, 0.25) is 0 Å². The number of nitrogens with zero attached hydrogens (tertiary/aromatic N) is 1. The molecule has 0 fully saturated rings. The van der Waals surface area contributed by atoms with E-state index >= 15 is 0 Å². The third-order valence-corrected chi connectivity index (χ3v) is 4.04. The number of hydrogen-bond donors (Lipinski definition) is 0. The molecule has 0 aromatic carbocycles. The van der Waals surface area contributed by atoms with Crippen molar-refractivity contribution in [2.75, 3.05) is 0 Å². The second-order valence-electron chi connectivity index (χ2n) is 7.63. The van der Waals surface area contributed by atoms with Crippen LogP contribution < -0.4 is 0 Å². The summed E-state index contributed by atoms with van der Waals surface area (Å²) in [6.07, 6.45) is 1.63. The van der Waals surface area contributed by atoms with Gasteiger partial charge in [-0.3, -0.25) is 4.79 Å². The molecule has 104 valence electrons. The van der Waals surface area contributed by atoms with Crippen molar-refractivity contribution in [3.8, 4) is 0 Å². The average Bonchev–Trinajstić information content (AvgIpc) is 2.22. The molecule has 1 atom stereocenters. The third kappa shape index (κ3) is 2.96. The van der Waals surface area contributed by atoms with E-state index in [0.29, 0.717) is 12.3 Å². The summed E-state index contributed by atoms with van der Waals surface area (Å²) in [7, 11) is 0. The molecule has 0 N–H and O–H groups in total. The van der Waals surface area contributed by atoms with Crippen LogP contribution in [0.25, 0.3) is 0 Å². The number of carbonyl (C=O) groups excluding carboxylic acids is 1. The van der Waals surface area contributed by atoms with E-state index in [1.165, 1.54) is 5.57 Å². The quantitative estimate of drug-likeness (QED) is 0.626. The Labute approximate surface area is 112 Å². The standard InChI is InChI=1S/C16H29NO/c1-11-12(2)17(16(6,7)8)14(18)10-9-13(11)15(3,4)5/h13H,9-10H2,1-8H3. The molecule has 0 radical (unpaired) electrons. The van der Waals surface area contributed by atoms with Gasteiger partial charge in [-0.05, 0) is 52.4 Å². The van der Waals surface area contributed by atoms with Crippen LogP contribution in [0.15, 0.2) is 11.3 Å². The molecule has 1 aliphatic heterocycles. The summed E-state index contributed by atoms with van der Waals surface area (Å²) in [5.41, 5.74) is 2.63. The summed E-state index contributed by atoms with van der Waals surface area (Å²) in [4.78, 5) is 14.4. The number of amides is 1. The van der Waals surface area contributed by atoms with Gasteiger partial charge in [0.25, 0.3) is 0 Å². The molecule has 0 saturated heterocycles. The lowest BCUT2D eigenvalue weighted by atomic mass is 9.74. The van der Waals surface area contributed by atoms with E-state index in [0.717, 1.165) is 12.1 Å². The van der Waals surface area contributed by atoms with Crippen LogP contribution in [0, 0.1) is 11.3 Å². The Morgan fingerprint density at radius 2 is 1.56 bits per heavy atom. The van der Waals surface area contributed by atoms with Crippen molar-refractivity contribution in [1.82, 2.24) is 4.90 Å². The molecule has 1 aliphatic rings. The lowest BCUT2D eigenvalue weighted by Crippen LogP contribution is -2.44. The minimum atomic E-state index is -0.130. The Balaban J connectivity index is 3.27. The van der Waals surface area contributed by atoms with E-state index in [9.17, 15) is 4.79 Å². The summed E-state index contributed by atoms with van der Waals surface area (Å²) in [5, 5.41) is 0. The maximum atomic E-state index is 12.4. The Kier molecular flexibility index (Phi) is 4.00. The van der Waals surface area contributed by atoms with Crippen molar-refractivity contribution < 1.29 is 4.79 Å². The van der Waals surface area contributed by atoms with Gasteiger partial charge in [-0.25, -0.2) is 0 Å². The molecule has 0 spiro atoms. The molecule has 0 saturated carbocycles. The highest BCUT2D eigenvalue weighted by molar-refractivity contribution is 5.79. The smallest absolute Gasteiger partial charge is 0.227 e. The van der Waals surface area contributed by atoms with Crippen molar-refractivity contribution in [3.05, 3.63) is 11.3 Å². The minimum absolute atomic E-state index is 0.130. The fraction of sp³-hybridized carbons (Fsp3) is 0.812. The molecule has 0 aliphatic carbocycles. The summed E-state index contributed by atoms with van der Waals surface area (Å²) < 4.78 is 0. The van der Waals surface area contributed by atoms with Crippen molar-refractivity contribution >= 4 is 5.91 Å². The predicted octanol–water partition coefficient (Wildman–Crippen LogP) is 4.36. The lowest BCUT2D eigenvalue weighted by molar-refractivity contribution is -0.133. The van der Waals surface area contributed by atoms with E-state index in [1.807, 2.05) is 4.90 Å². The van der Waals surface area contributed by atoms with Crippen molar-refractivity contribution in [3.63, 3.8) is 0 Å². The summed E-state index contributed by atoms with van der Waals surface area (Å²) in [6, 6.07) is 0. The fourth-order valence-electron chi connectivity index (χ4n) is 3.17. The van der Waals surface area contributed by atoms with E-state index in [-0.39, 0.29) is 16.9 Å². The minimum Gasteiger partial charge on any atom is -0.311 e. The second kappa shape index (κ2) is 4.71. The fourth-order valence-corrected chi connectivity index (χ4v) is 3.17. The SMILES string of the molecule is CC1=C(C)N(C(C)(C)C)C(=O)CCC1C(C)(C)C. The first kappa shape index (κ1) is 15.3. The Morgan fingerprint density at radius 3 is 1.94 bits per heavy atom. The Bertz CT molecular complexity index is 366. The monoisotopic (exact) mass is 251 g/mol. The first-order valence-corrected chi connectivity index (χ1v) is 6.96. The Hall–Kier alpha value is -0.790. The highest BCUT2D eigenvalue weighted by atomic mass is 16.2. The first-order chi connectivity index (χ1) is 7.96. The molecule has 1 amide bonds. The molecule has 1 unspecified atom stereocenters. The van der Waals surface area contributed by atoms with Crippen LogP contribution in [0.4, 0.5) is 0 Å². The number of hydrogen-bond acceptors (Lipinski definition) is 1. The third-order valence-electron chi connectivity index (χ3n) is 4.04. The maximum Gasteiger partial charge on any atom is 0.227 e. The summed E-state index contributed by atoms with van der Waals surface area (Å²) >= 11 is 0. The van der Waals surface area contributed by atoms with Gasteiger partial charge in [0.1, 0.15) is 0 Å². The van der Waals surface area contributed by atoms with Gasteiger partial charge in [-0.2, -0.15) is 0 Å². The van der Waals surface area contributed by atoms with Crippen LogP contribution in [0.3, 0.4) is 0 Å². The lowest BCUT2D eigenvalue weighted by Gasteiger charge is -2.37. The van der Waals surface area contributed by atoms with Crippen LogP contribution >= 0.6 is 0 Å². The number of carbonyl (C=O) groups is 1. The van der Waals surface area contributed by atoms with Gasteiger partial charge in [-0.1, -0.05) is 26.3 Å². The highest BCUT2D eigenvalue weighted by Crippen LogP contribution is 2.40. The molecule has 18 heavy (non-hydrogen) atoms. The zero-order chi connectivity index (χ0) is 14.3. The van der Waals surface area contributed by atoms with Crippen LogP contribution in [0.5, 0.6) is 0 Å². The Morgan fingerprint density at radius 1 is 1.06 bits per heavy atom. The number of allylic oxidation sites excluding steroid dienone is 2. The van der Waals surface area contributed by atoms with Crippen molar-refractivity contribution in [2.45, 2.75) is 73.8 Å². The normalized spacial score (nSPS) is 23.4. The van der Waals surface area contributed by atoms with Gasteiger partial charge in [0.15, 0.2) is 0 Å². The maximum absolute atomic E-state index is 12.4. The molecule has 1 heterocycles. The molecule has 2 nitrogen and oxygen atoms in total. The summed E-state index contributed by atoms with van der Waals surface area (Å²) in [6.45, 7) is 17.4. The van der Waals surface area contributed by atoms with Gasteiger partial charge in [0, 0.05) is 17.7 Å². The van der Waals surface area contributed by atoms with Gasteiger partial charge >= 0.3 is 0 Å². The average molecular weight is 251 g/mol. The molecule has 0 bridgehead atoms. The zero-order valence-corrected chi connectivity index (χ0v) is 13.3. The molecule has 0 aromatic heterocycles. The van der Waals surface area contributed by atoms with Crippen LogP contribution in [0.1, 0.15) is 68.2 Å². The topological polar surface area (TPSA) is 20.3 Å². The van der Waals surface area contributed by atoms with Gasteiger partial charge < -0.3 is 4.90 Å². The molecular formula is C16H29NO. The van der Waals surface area contributed by atoms with Crippen molar-refractivity contribution in [1.29, 1.82) is 0 Å². The zero-order valence-electron chi connectivity index (χ0n) is 13.3. The van der Waals surface area contributed by atoms with Gasteiger partial charge in [-0.15, -0.1) is 0 Å².